The summed E-state index contributed by atoms with van der Waals surface area (Å²) in [6.45, 7) is 5.80. The summed E-state index contributed by atoms with van der Waals surface area (Å²) >= 11 is 0. The third kappa shape index (κ3) is 2.79. The quantitative estimate of drug-likeness (QED) is 0.836. The zero-order chi connectivity index (χ0) is 12.1. The predicted octanol–water partition coefficient (Wildman–Crippen LogP) is 2.37. The molecule has 0 atom stereocenters. The average molecular weight is 225 g/mol. The predicted molar refractivity (Wildman–Crippen MR) is 60.0 cm³/mol. The van der Waals surface area contributed by atoms with E-state index in [-0.39, 0.29) is 11.1 Å². The first-order valence-corrected chi connectivity index (χ1v) is 5.33. The van der Waals surface area contributed by atoms with Gasteiger partial charge in [0.05, 0.1) is 5.56 Å². The van der Waals surface area contributed by atoms with E-state index in [0.717, 1.165) is 13.1 Å². The Balaban J connectivity index is 3.05. The number of carbonyl (C=O) groups is 1. The van der Waals surface area contributed by atoms with Crippen molar-refractivity contribution >= 4 is 5.97 Å². The van der Waals surface area contributed by atoms with Crippen LogP contribution < -0.4 is 0 Å². The Morgan fingerprint density at radius 1 is 1.38 bits per heavy atom. The Kier molecular flexibility index (Phi) is 4.43. The highest BCUT2D eigenvalue weighted by atomic mass is 19.1. The second kappa shape index (κ2) is 5.61. The number of hydrogen-bond donors (Lipinski definition) is 1. The number of rotatable bonds is 5. The van der Waals surface area contributed by atoms with Gasteiger partial charge in [-0.3, -0.25) is 4.90 Å². The van der Waals surface area contributed by atoms with Crippen LogP contribution in [0.15, 0.2) is 18.2 Å². The van der Waals surface area contributed by atoms with Crippen molar-refractivity contribution in [2.75, 3.05) is 13.1 Å². The molecule has 0 spiro atoms. The Hall–Kier alpha value is -1.42. The molecule has 0 amide bonds. The Labute approximate surface area is 94.5 Å². The number of carboxylic acid groups (broad SMARTS) is 1. The van der Waals surface area contributed by atoms with E-state index in [9.17, 15) is 9.18 Å². The first kappa shape index (κ1) is 12.6. The lowest BCUT2D eigenvalue weighted by atomic mass is 10.1. The van der Waals surface area contributed by atoms with E-state index in [1.165, 1.54) is 18.2 Å². The number of carboxylic acids is 1. The molecule has 1 rings (SSSR count). The minimum atomic E-state index is -1.08. The second-order valence-corrected chi connectivity index (χ2v) is 3.53. The van der Waals surface area contributed by atoms with Gasteiger partial charge in [-0.1, -0.05) is 19.9 Å². The minimum absolute atomic E-state index is 0.0481. The molecule has 0 saturated heterocycles. The molecular formula is C12H16FNO2. The molecule has 0 aliphatic carbocycles. The van der Waals surface area contributed by atoms with Crippen LogP contribution in [-0.2, 0) is 6.54 Å². The summed E-state index contributed by atoms with van der Waals surface area (Å²) in [6.07, 6.45) is 0. The smallest absolute Gasteiger partial charge is 0.336 e. The SMILES string of the molecule is CCN(CC)Cc1c(F)cccc1C(=O)O. The van der Waals surface area contributed by atoms with Gasteiger partial charge < -0.3 is 5.11 Å². The van der Waals surface area contributed by atoms with E-state index < -0.39 is 11.8 Å². The van der Waals surface area contributed by atoms with Gasteiger partial charge in [0.2, 0.25) is 0 Å². The number of halogens is 1. The molecule has 0 heterocycles. The molecule has 1 aromatic carbocycles. The van der Waals surface area contributed by atoms with Crippen LogP contribution in [0.25, 0.3) is 0 Å². The van der Waals surface area contributed by atoms with E-state index in [2.05, 4.69) is 0 Å². The molecule has 0 saturated carbocycles. The lowest BCUT2D eigenvalue weighted by molar-refractivity contribution is 0.0693. The van der Waals surface area contributed by atoms with Crippen LogP contribution in [0.2, 0.25) is 0 Å². The maximum Gasteiger partial charge on any atom is 0.336 e. The van der Waals surface area contributed by atoms with Crippen molar-refractivity contribution in [1.29, 1.82) is 0 Å². The van der Waals surface area contributed by atoms with Crippen LogP contribution in [0.1, 0.15) is 29.8 Å². The fourth-order valence-electron chi connectivity index (χ4n) is 1.59. The molecular weight excluding hydrogens is 209 g/mol. The van der Waals surface area contributed by atoms with E-state index >= 15 is 0 Å². The van der Waals surface area contributed by atoms with Gasteiger partial charge in [0.25, 0.3) is 0 Å². The van der Waals surface area contributed by atoms with Crippen molar-refractivity contribution in [3.8, 4) is 0 Å². The molecule has 16 heavy (non-hydrogen) atoms. The lowest BCUT2D eigenvalue weighted by Crippen LogP contribution is -2.24. The van der Waals surface area contributed by atoms with Crippen LogP contribution in [0.3, 0.4) is 0 Å². The van der Waals surface area contributed by atoms with Gasteiger partial charge in [-0.2, -0.15) is 0 Å². The fourth-order valence-corrected chi connectivity index (χ4v) is 1.59. The Morgan fingerprint density at radius 2 is 2.00 bits per heavy atom. The normalized spacial score (nSPS) is 10.8. The molecule has 3 nitrogen and oxygen atoms in total. The Morgan fingerprint density at radius 3 is 2.50 bits per heavy atom. The highest BCUT2D eigenvalue weighted by molar-refractivity contribution is 5.89. The summed E-state index contributed by atoms with van der Waals surface area (Å²) in [7, 11) is 0. The van der Waals surface area contributed by atoms with Crippen molar-refractivity contribution in [3.05, 3.63) is 35.1 Å². The fraction of sp³-hybridized carbons (Fsp3) is 0.417. The highest BCUT2D eigenvalue weighted by Gasteiger charge is 2.15. The van der Waals surface area contributed by atoms with Crippen LogP contribution >= 0.6 is 0 Å². The van der Waals surface area contributed by atoms with Crippen molar-refractivity contribution < 1.29 is 14.3 Å². The summed E-state index contributed by atoms with van der Waals surface area (Å²) in [4.78, 5) is 12.9. The zero-order valence-corrected chi connectivity index (χ0v) is 9.53. The van der Waals surface area contributed by atoms with Gasteiger partial charge >= 0.3 is 5.97 Å². The molecule has 0 aliphatic rings. The second-order valence-electron chi connectivity index (χ2n) is 3.53. The molecule has 0 fully saturated rings. The molecule has 0 aromatic heterocycles. The highest BCUT2D eigenvalue weighted by Crippen LogP contribution is 2.16. The van der Waals surface area contributed by atoms with E-state index in [1.54, 1.807) is 0 Å². The number of aromatic carboxylic acids is 1. The largest absolute Gasteiger partial charge is 0.478 e. The standard InChI is InChI=1S/C12H16FNO2/c1-3-14(4-2)8-10-9(12(15)16)6-5-7-11(10)13/h5-7H,3-4,8H2,1-2H3,(H,15,16). The maximum atomic E-state index is 13.6. The summed E-state index contributed by atoms with van der Waals surface area (Å²) in [5.74, 6) is -1.53. The van der Waals surface area contributed by atoms with Crippen LogP contribution in [0, 0.1) is 5.82 Å². The number of benzene rings is 1. The van der Waals surface area contributed by atoms with Crippen LogP contribution in [0.5, 0.6) is 0 Å². The van der Waals surface area contributed by atoms with Gasteiger partial charge in [0, 0.05) is 12.1 Å². The van der Waals surface area contributed by atoms with Gasteiger partial charge in [-0.15, -0.1) is 0 Å². The first-order chi connectivity index (χ1) is 7.60. The summed E-state index contributed by atoms with van der Waals surface area (Å²) in [6, 6.07) is 4.15. The van der Waals surface area contributed by atoms with Crippen LogP contribution in [0.4, 0.5) is 4.39 Å². The maximum absolute atomic E-state index is 13.6. The monoisotopic (exact) mass is 225 g/mol. The third-order valence-electron chi connectivity index (χ3n) is 2.63. The average Bonchev–Trinajstić information content (AvgIpc) is 2.27. The van der Waals surface area contributed by atoms with Crippen molar-refractivity contribution in [2.45, 2.75) is 20.4 Å². The van der Waals surface area contributed by atoms with Crippen LogP contribution in [-0.4, -0.2) is 29.1 Å². The first-order valence-electron chi connectivity index (χ1n) is 5.33. The summed E-state index contributed by atoms with van der Waals surface area (Å²) in [5, 5.41) is 8.96. The number of nitrogens with zero attached hydrogens (tertiary/aromatic N) is 1. The molecule has 0 unspecified atom stereocenters. The van der Waals surface area contributed by atoms with Crippen molar-refractivity contribution in [3.63, 3.8) is 0 Å². The Bertz CT molecular complexity index is 375. The lowest BCUT2D eigenvalue weighted by Gasteiger charge is -2.19. The van der Waals surface area contributed by atoms with Gasteiger partial charge in [-0.05, 0) is 25.2 Å². The number of hydrogen-bond acceptors (Lipinski definition) is 2. The zero-order valence-electron chi connectivity index (χ0n) is 9.53. The van der Waals surface area contributed by atoms with E-state index in [4.69, 9.17) is 5.11 Å². The van der Waals surface area contributed by atoms with E-state index in [1.807, 2.05) is 18.7 Å². The summed E-state index contributed by atoms with van der Waals surface area (Å²) in [5.41, 5.74) is 0.311. The van der Waals surface area contributed by atoms with E-state index in [0.29, 0.717) is 6.54 Å². The minimum Gasteiger partial charge on any atom is -0.478 e. The van der Waals surface area contributed by atoms with Gasteiger partial charge in [-0.25, -0.2) is 9.18 Å². The van der Waals surface area contributed by atoms with Gasteiger partial charge in [0.15, 0.2) is 0 Å². The molecule has 1 N–H and O–H groups in total. The van der Waals surface area contributed by atoms with Gasteiger partial charge in [0.1, 0.15) is 5.82 Å². The van der Waals surface area contributed by atoms with Crippen molar-refractivity contribution in [1.82, 2.24) is 4.90 Å². The van der Waals surface area contributed by atoms with Crippen molar-refractivity contribution in [2.24, 2.45) is 0 Å². The molecule has 0 radical (unpaired) electrons. The molecule has 0 bridgehead atoms. The summed E-state index contributed by atoms with van der Waals surface area (Å²) < 4.78 is 13.6. The molecule has 1 aromatic rings. The molecule has 0 aliphatic heterocycles. The molecule has 4 heteroatoms. The molecule has 88 valence electrons. The third-order valence-corrected chi connectivity index (χ3v) is 2.63. The topological polar surface area (TPSA) is 40.5 Å².